The predicted octanol–water partition coefficient (Wildman–Crippen LogP) is 2.30. The van der Waals surface area contributed by atoms with Gasteiger partial charge in [0.25, 0.3) is 0 Å². The number of hydrogen-bond acceptors (Lipinski definition) is 6. The predicted molar refractivity (Wildman–Crippen MR) is 120 cm³/mol. The molecule has 0 saturated carbocycles. The van der Waals surface area contributed by atoms with Crippen molar-refractivity contribution in [3.05, 3.63) is 47.0 Å². The quantitative estimate of drug-likeness (QED) is 0.542. The minimum Gasteiger partial charge on any atom is -0.396 e. The van der Waals surface area contributed by atoms with Gasteiger partial charge in [0, 0.05) is 37.2 Å². The van der Waals surface area contributed by atoms with Crippen LogP contribution in [0.3, 0.4) is 0 Å². The lowest BCUT2D eigenvalue weighted by atomic mass is 9.76. The van der Waals surface area contributed by atoms with E-state index in [4.69, 9.17) is 4.74 Å². The molecule has 0 spiro atoms. The zero-order valence-corrected chi connectivity index (χ0v) is 19.1. The highest BCUT2D eigenvalue weighted by atomic mass is 16.5. The number of fused-ring (bicyclic) bond motifs is 2. The van der Waals surface area contributed by atoms with E-state index in [1.165, 1.54) is 0 Å². The van der Waals surface area contributed by atoms with E-state index < -0.39 is 29.8 Å². The maximum Gasteiger partial charge on any atom is 0.138 e. The minimum absolute atomic E-state index is 0.000486. The van der Waals surface area contributed by atoms with E-state index in [0.29, 0.717) is 0 Å². The van der Waals surface area contributed by atoms with Gasteiger partial charge in [0.2, 0.25) is 0 Å². The van der Waals surface area contributed by atoms with Crippen LogP contribution in [-0.2, 0) is 21.4 Å². The molecule has 2 bridgehead atoms. The average Bonchev–Trinajstić information content (AvgIpc) is 2.73. The van der Waals surface area contributed by atoms with Gasteiger partial charge in [-0.25, -0.2) is 0 Å². The van der Waals surface area contributed by atoms with E-state index in [9.17, 15) is 25.2 Å². The van der Waals surface area contributed by atoms with E-state index in [-0.39, 0.29) is 44.2 Å². The highest BCUT2D eigenvalue weighted by Crippen LogP contribution is 2.31. The standard InChI is InChI=1S/C25H38O6/c1-5-17(14-26)9-16(2)23-12-20(27)13-24(30)25(3,4)19-8-6-7-18(10-19)11-21(28)22(29)15-31-23/h6-10,17,21-24,26,28-30H,5,11-15H2,1-4H3/b16-9-/t17-,21+,22+,23?,24-/m0/s1. The molecule has 0 saturated heterocycles. The van der Waals surface area contributed by atoms with Gasteiger partial charge in [0.15, 0.2) is 0 Å². The molecule has 1 aromatic rings. The molecule has 4 N–H and O–H groups in total. The highest BCUT2D eigenvalue weighted by Gasteiger charge is 2.33. The summed E-state index contributed by atoms with van der Waals surface area (Å²) >= 11 is 0. The Kier molecular flexibility index (Phi) is 9.40. The summed E-state index contributed by atoms with van der Waals surface area (Å²) in [4.78, 5) is 12.8. The molecule has 0 amide bonds. The van der Waals surface area contributed by atoms with Crippen LogP contribution in [0.5, 0.6) is 0 Å². The van der Waals surface area contributed by atoms with Crippen LogP contribution in [-0.4, -0.2) is 63.8 Å². The summed E-state index contributed by atoms with van der Waals surface area (Å²) in [6, 6.07) is 7.54. The largest absolute Gasteiger partial charge is 0.396 e. The van der Waals surface area contributed by atoms with Gasteiger partial charge in [0.1, 0.15) is 11.9 Å². The molecule has 6 heteroatoms. The van der Waals surface area contributed by atoms with Gasteiger partial charge in [-0.2, -0.15) is 0 Å². The maximum absolute atomic E-state index is 12.8. The number of carbonyl (C=O) groups excluding carboxylic acids is 1. The fourth-order valence-electron chi connectivity index (χ4n) is 3.89. The zero-order valence-electron chi connectivity index (χ0n) is 19.1. The number of Topliss-reactive ketones (excluding diaryl/α,β-unsaturated/α-hetero) is 1. The summed E-state index contributed by atoms with van der Waals surface area (Å²) in [5.74, 6) is -0.185. The SMILES string of the molecule is CC[C@@H](/C=C(/C)C1CC(=O)C[C@H](O)C(C)(C)c2cccc(c2)C[C@@H](O)[C@H](O)CO1)CO. The Labute approximate surface area is 185 Å². The Morgan fingerprint density at radius 2 is 1.90 bits per heavy atom. The first-order chi connectivity index (χ1) is 14.6. The van der Waals surface area contributed by atoms with Gasteiger partial charge in [-0.15, -0.1) is 0 Å². The number of rotatable bonds is 4. The Bertz CT molecular complexity index is 752. The molecule has 1 aromatic carbocycles. The smallest absolute Gasteiger partial charge is 0.138 e. The van der Waals surface area contributed by atoms with E-state index >= 15 is 0 Å². The fourth-order valence-corrected chi connectivity index (χ4v) is 3.89. The molecular formula is C25H38O6. The molecule has 1 unspecified atom stereocenters. The van der Waals surface area contributed by atoms with Crippen LogP contribution >= 0.6 is 0 Å². The molecule has 0 fully saturated rings. The van der Waals surface area contributed by atoms with Gasteiger partial charge in [-0.3, -0.25) is 4.79 Å². The molecule has 6 nitrogen and oxygen atoms in total. The van der Waals surface area contributed by atoms with E-state index in [1.54, 1.807) is 0 Å². The summed E-state index contributed by atoms with van der Waals surface area (Å²) in [6.07, 6.45) is -0.637. The molecule has 1 aliphatic heterocycles. The van der Waals surface area contributed by atoms with Crippen molar-refractivity contribution >= 4 is 5.78 Å². The number of ether oxygens (including phenoxy) is 1. The summed E-state index contributed by atoms with van der Waals surface area (Å²) in [6.45, 7) is 7.49. The van der Waals surface area contributed by atoms with Gasteiger partial charge >= 0.3 is 0 Å². The second kappa shape index (κ2) is 11.3. The maximum atomic E-state index is 12.8. The van der Waals surface area contributed by atoms with Crippen LogP contribution in [0.2, 0.25) is 0 Å². The molecule has 5 atom stereocenters. The number of benzene rings is 1. The van der Waals surface area contributed by atoms with Crippen molar-refractivity contribution in [3.8, 4) is 0 Å². The number of carbonyl (C=O) groups is 1. The second-order valence-electron chi connectivity index (χ2n) is 9.31. The zero-order chi connectivity index (χ0) is 23.2. The van der Waals surface area contributed by atoms with Crippen LogP contribution < -0.4 is 0 Å². The monoisotopic (exact) mass is 434 g/mol. The van der Waals surface area contributed by atoms with Crippen LogP contribution in [0.15, 0.2) is 35.9 Å². The fraction of sp³-hybridized carbons (Fsp3) is 0.640. The van der Waals surface area contributed by atoms with Gasteiger partial charge in [-0.1, -0.05) is 51.1 Å². The van der Waals surface area contributed by atoms with E-state index in [2.05, 4.69) is 0 Å². The topological polar surface area (TPSA) is 107 Å². The molecule has 174 valence electrons. The summed E-state index contributed by atoms with van der Waals surface area (Å²) in [5, 5.41) is 41.3. The van der Waals surface area contributed by atoms with Crippen molar-refractivity contribution in [2.75, 3.05) is 13.2 Å². The van der Waals surface area contributed by atoms with Crippen molar-refractivity contribution in [3.63, 3.8) is 0 Å². The lowest BCUT2D eigenvalue weighted by Crippen LogP contribution is -2.38. The van der Waals surface area contributed by atoms with Gasteiger partial charge in [-0.05, 0) is 30.0 Å². The van der Waals surface area contributed by atoms with Crippen molar-refractivity contribution < 1.29 is 30.0 Å². The number of aliphatic hydroxyl groups excluding tert-OH is 4. The first-order valence-electron chi connectivity index (χ1n) is 11.1. The molecule has 2 rings (SSSR count). The molecule has 0 aromatic heterocycles. The third-order valence-corrected chi connectivity index (χ3v) is 6.46. The molecular weight excluding hydrogens is 396 g/mol. The molecule has 0 aliphatic carbocycles. The van der Waals surface area contributed by atoms with Gasteiger partial charge < -0.3 is 25.2 Å². The van der Waals surface area contributed by atoms with Crippen LogP contribution in [0.1, 0.15) is 58.1 Å². The third kappa shape index (κ3) is 6.96. The Morgan fingerprint density at radius 1 is 1.19 bits per heavy atom. The van der Waals surface area contributed by atoms with E-state index in [0.717, 1.165) is 23.1 Å². The van der Waals surface area contributed by atoms with Crippen LogP contribution in [0.4, 0.5) is 0 Å². The summed E-state index contributed by atoms with van der Waals surface area (Å²) in [5.41, 5.74) is 1.85. The summed E-state index contributed by atoms with van der Waals surface area (Å²) < 4.78 is 5.87. The second-order valence-corrected chi connectivity index (χ2v) is 9.31. The van der Waals surface area contributed by atoms with E-state index in [1.807, 2.05) is 58.0 Å². The molecule has 1 heterocycles. The Hall–Kier alpha value is -1.57. The van der Waals surface area contributed by atoms with Crippen molar-refractivity contribution in [2.24, 2.45) is 5.92 Å². The van der Waals surface area contributed by atoms with Crippen LogP contribution in [0.25, 0.3) is 0 Å². The third-order valence-electron chi connectivity index (χ3n) is 6.46. The molecule has 0 radical (unpaired) electrons. The lowest BCUT2D eigenvalue weighted by Gasteiger charge is -2.32. The highest BCUT2D eigenvalue weighted by molar-refractivity contribution is 5.80. The van der Waals surface area contributed by atoms with Crippen LogP contribution in [0, 0.1) is 5.92 Å². The number of aliphatic hydroxyl groups is 4. The number of ketones is 1. The van der Waals surface area contributed by atoms with Gasteiger partial charge in [0.05, 0.1) is 24.9 Å². The first kappa shape index (κ1) is 25.7. The first-order valence-corrected chi connectivity index (χ1v) is 11.1. The lowest BCUT2D eigenvalue weighted by molar-refractivity contribution is -0.125. The normalized spacial score (nSPS) is 29.3. The Balaban J connectivity index is 2.35. The number of hydrogen-bond donors (Lipinski definition) is 4. The minimum atomic E-state index is -1.10. The Morgan fingerprint density at radius 3 is 2.55 bits per heavy atom. The summed E-state index contributed by atoms with van der Waals surface area (Å²) in [7, 11) is 0. The molecule has 31 heavy (non-hydrogen) atoms. The average molecular weight is 435 g/mol. The molecule has 1 aliphatic rings. The van der Waals surface area contributed by atoms with Crippen molar-refractivity contribution in [1.29, 1.82) is 0 Å². The van der Waals surface area contributed by atoms with Crippen molar-refractivity contribution in [2.45, 2.75) is 83.2 Å². The van der Waals surface area contributed by atoms with Crippen molar-refractivity contribution in [1.82, 2.24) is 0 Å².